The third-order valence-corrected chi connectivity index (χ3v) is 5.41. The molecule has 1 aliphatic rings. The third kappa shape index (κ3) is 5.05. The van der Waals surface area contributed by atoms with Gasteiger partial charge in [0, 0.05) is 37.6 Å². The molecule has 3 rings (SSSR count). The van der Waals surface area contributed by atoms with Gasteiger partial charge in [-0.3, -0.25) is 9.69 Å². The Morgan fingerprint density at radius 2 is 1.93 bits per heavy atom. The number of rotatable bonds is 5. The molecule has 0 aliphatic carbocycles. The molecule has 2 aromatic rings. The van der Waals surface area contributed by atoms with Crippen molar-refractivity contribution in [2.75, 3.05) is 37.0 Å². The molecule has 0 saturated carbocycles. The molecule has 29 heavy (non-hydrogen) atoms. The number of ether oxygens (including phenoxy) is 1. The lowest BCUT2D eigenvalue weighted by Gasteiger charge is -2.43. The topological polar surface area (TPSA) is 74.8 Å². The molecule has 1 aromatic heterocycles. The number of nitrogens with one attached hydrogen (secondary N) is 1. The SMILES string of the molecule is COC(=O)c1ccc(N2CCN(C(C)C(=O)Nc3ccc(Cl)cn3)C(C)C2)cc1. The summed E-state index contributed by atoms with van der Waals surface area (Å²) in [5.41, 5.74) is 1.58. The van der Waals surface area contributed by atoms with E-state index in [0.29, 0.717) is 16.4 Å². The zero-order valence-electron chi connectivity index (χ0n) is 16.8. The van der Waals surface area contributed by atoms with Crippen LogP contribution in [0.4, 0.5) is 11.5 Å². The Morgan fingerprint density at radius 1 is 1.21 bits per heavy atom. The van der Waals surface area contributed by atoms with E-state index < -0.39 is 0 Å². The summed E-state index contributed by atoms with van der Waals surface area (Å²) in [6.45, 7) is 6.34. The number of hydrogen-bond donors (Lipinski definition) is 1. The molecule has 2 heterocycles. The van der Waals surface area contributed by atoms with Crippen LogP contribution in [0.15, 0.2) is 42.6 Å². The van der Waals surface area contributed by atoms with Crippen LogP contribution in [0.25, 0.3) is 0 Å². The Labute approximate surface area is 175 Å². The molecule has 0 bridgehead atoms. The third-order valence-electron chi connectivity index (χ3n) is 5.19. The molecule has 2 atom stereocenters. The average molecular weight is 417 g/mol. The quantitative estimate of drug-likeness (QED) is 0.755. The smallest absolute Gasteiger partial charge is 0.337 e. The summed E-state index contributed by atoms with van der Waals surface area (Å²) in [5.74, 6) is 0.0514. The lowest BCUT2D eigenvalue weighted by Crippen LogP contribution is -2.57. The normalized spacial score (nSPS) is 18.2. The highest BCUT2D eigenvalue weighted by Crippen LogP contribution is 2.22. The van der Waals surface area contributed by atoms with Crippen LogP contribution < -0.4 is 10.2 Å². The Kier molecular flexibility index (Phi) is 6.71. The van der Waals surface area contributed by atoms with Crippen molar-refractivity contribution in [3.63, 3.8) is 0 Å². The van der Waals surface area contributed by atoms with Crippen LogP contribution in [0.5, 0.6) is 0 Å². The maximum atomic E-state index is 12.6. The molecule has 1 saturated heterocycles. The van der Waals surface area contributed by atoms with E-state index in [2.05, 4.69) is 27.0 Å². The van der Waals surface area contributed by atoms with Crippen molar-refractivity contribution < 1.29 is 14.3 Å². The van der Waals surface area contributed by atoms with Gasteiger partial charge in [0.25, 0.3) is 0 Å². The van der Waals surface area contributed by atoms with E-state index in [1.54, 1.807) is 24.3 Å². The van der Waals surface area contributed by atoms with Crippen LogP contribution in [-0.2, 0) is 9.53 Å². The number of methoxy groups -OCH3 is 1. The van der Waals surface area contributed by atoms with Crippen molar-refractivity contribution >= 4 is 35.0 Å². The number of benzene rings is 1. The molecular weight excluding hydrogens is 392 g/mol. The molecule has 0 spiro atoms. The average Bonchev–Trinajstić information content (AvgIpc) is 2.74. The van der Waals surface area contributed by atoms with E-state index in [-0.39, 0.29) is 24.0 Å². The van der Waals surface area contributed by atoms with Crippen LogP contribution in [0.2, 0.25) is 5.02 Å². The predicted molar refractivity (Wildman–Crippen MR) is 114 cm³/mol. The maximum Gasteiger partial charge on any atom is 0.337 e. The summed E-state index contributed by atoms with van der Waals surface area (Å²) in [5, 5.41) is 3.37. The highest BCUT2D eigenvalue weighted by molar-refractivity contribution is 6.30. The van der Waals surface area contributed by atoms with Gasteiger partial charge in [-0.1, -0.05) is 11.6 Å². The van der Waals surface area contributed by atoms with Crippen molar-refractivity contribution in [3.05, 3.63) is 53.2 Å². The Morgan fingerprint density at radius 3 is 2.52 bits per heavy atom. The fraction of sp³-hybridized carbons (Fsp3) is 0.381. The summed E-state index contributed by atoms with van der Waals surface area (Å²) < 4.78 is 4.74. The molecule has 1 fully saturated rings. The highest BCUT2D eigenvalue weighted by atomic mass is 35.5. The number of pyridine rings is 1. The largest absolute Gasteiger partial charge is 0.465 e. The molecular formula is C21H25ClN4O3. The number of carbonyl (C=O) groups excluding carboxylic acids is 2. The van der Waals surface area contributed by atoms with E-state index in [1.807, 2.05) is 19.1 Å². The molecule has 1 N–H and O–H groups in total. The second kappa shape index (κ2) is 9.24. The Bertz CT molecular complexity index is 857. The summed E-state index contributed by atoms with van der Waals surface area (Å²) in [7, 11) is 1.37. The van der Waals surface area contributed by atoms with Gasteiger partial charge in [-0.25, -0.2) is 9.78 Å². The number of piperazine rings is 1. The first-order valence-corrected chi connectivity index (χ1v) is 9.88. The Hall–Kier alpha value is -2.64. The molecule has 1 aliphatic heterocycles. The number of amides is 1. The van der Waals surface area contributed by atoms with Crippen LogP contribution in [0, 0.1) is 0 Å². The minimum Gasteiger partial charge on any atom is -0.465 e. The Balaban J connectivity index is 1.59. The number of esters is 1. The van der Waals surface area contributed by atoms with Crippen molar-refractivity contribution in [1.82, 2.24) is 9.88 Å². The fourth-order valence-electron chi connectivity index (χ4n) is 3.54. The number of carbonyl (C=O) groups is 2. The second-order valence-electron chi connectivity index (χ2n) is 7.10. The van der Waals surface area contributed by atoms with Crippen LogP contribution >= 0.6 is 11.6 Å². The van der Waals surface area contributed by atoms with Gasteiger partial charge in [0.05, 0.1) is 23.7 Å². The van der Waals surface area contributed by atoms with Gasteiger partial charge in [0.1, 0.15) is 5.82 Å². The number of hydrogen-bond acceptors (Lipinski definition) is 6. The number of nitrogens with zero attached hydrogens (tertiary/aromatic N) is 3. The van der Waals surface area contributed by atoms with Crippen LogP contribution in [0.3, 0.4) is 0 Å². The van der Waals surface area contributed by atoms with Crippen LogP contribution in [-0.4, -0.2) is 60.6 Å². The molecule has 0 radical (unpaired) electrons. The highest BCUT2D eigenvalue weighted by Gasteiger charge is 2.31. The molecule has 154 valence electrons. The first-order chi connectivity index (χ1) is 13.9. The molecule has 1 aromatic carbocycles. The van der Waals surface area contributed by atoms with Gasteiger partial charge >= 0.3 is 5.97 Å². The van der Waals surface area contributed by atoms with Crippen molar-refractivity contribution in [1.29, 1.82) is 0 Å². The monoisotopic (exact) mass is 416 g/mol. The van der Waals surface area contributed by atoms with Crippen molar-refractivity contribution in [2.45, 2.75) is 25.9 Å². The molecule has 7 nitrogen and oxygen atoms in total. The van der Waals surface area contributed by atoms with Crippen molar-refractivity contribution in [2.24, 2.45) is 0 Å². The van der Waals surface area contributed by atoms with E-state index >= 15 is 0 Å². The van der Waals surface area contributed by atoms with Crippen molar-refractivity contribution in [3.8, 4) is 0 Å². The number of aromatic nitrogens is 1. The summed E-state index contributed by atoms with van der Waals surface area (Å²) in [6, 6.07) is 10.7. The molecule has 8 heteroatoms. The first kappa shape index (κ1) is 21.1. The van der Waals surface area contributed by atoms with Gasteiger partial charge in [0.15, 0.2) is 0 Å². The van der Waals surface area contributed by atoms with E-state index in [1.165, 1.54) is 13.3 Å². The van der Waals surface area contributed by atoms with E-state index in [4.69, 9.17) is 16.3 Å². The van der Waals surface area contributed by atoms with Crippen LogP contribution in [0.1, 0.15) is 24.2 Å². The minimum absolute atomic E-state index is 0.0949. The summed E-state index contributed by atoms with van der Waals surface area (Å²) in [6.07, 6.45) is 1.51. The number of halogens is 1. The first-order valence-electron chi connectivity index (χ1n) is 9.50. The van der Waals surface area contributed by atoms with E-state index in [0.717, 1.165) is 25.3 Å². The van der Waals surface area contributed by atoms with Gasteiger partial charge in [0.2, 0.25) is 5.91 Å². The minimum atomic E-state index is -0.343. The predicted octanol–water partition coefficient (Wildman–Crippen LogP) is 3.06. The van der Waals surface area contributed by atoms with Gasteiger partial charge in [-0.2, -0.15) is 0 Å². The van der Waals surface area contributed by atoms with Gasteiger partial charge in [-0.15, -0.1) is 0 Å². The second-order valence-corrected chi connectivity index (χ2v) is 7.53. The number of anilines is 2. The lowest BCUT2D eigenvalue weighted by molar-refractivity contribution is -0.121. The van der Waals surface area contributed by atoms with E-state index in [9.17, 15) is 9.59 Å². The summed E-state index contributed by atoms with van der Waals surface area (Å²) in [4.78, 5) is 32.8. The lowest BCUT2D eigenvalue weighted by atomic mass is 10.1. The standard InChI is InChI=1S/C21H25ClN4O3/c1-14-13-25(18-7-4-16(5-8-18)21(28)29-3)10-11-26(14)15(2)20(27)24-19-9-6-17(22)12-23-19/h4-9,12,14-15H,10-11,13H2,1-3H3,(H,23,24,27). The molecule has 1 amide bonds. The van der Waals surface area contributed by atoms with Gasteiger partial charge in [-0.05, 0) is 50.2 Å². The maximum absolute atomic E-state index is 12.6. The zero-order valence-corrected chi connectivity index (χ0v) is 17.5. The zero-order chi connectivity index (χ0) is 21.0. The van der Waals surface area contributed by atoms with Gasteiger partial charge < -0.3 is 15.0 Å². The molecule has 2 unspecified atom stereocenters. The summed E-state index contributed by atoms with van der Waals surface area (Å²) >= 11 is 5.84. The fourth-order valence-corrected chi connectivity index (χ4v) is 3.65.